The molecule has 1 aliphatic heterocycles. The Morgan fingerprint density at radius 1 is 1.22 bits per heavy atom. The average molecular weight is 521 g/mol. The SMILES string of the molecule is COCCC(=O)N1CCN(c2cc(C#N)cc(Nc3nc(NC4CC4)c4ncc(C#N)n4n3)c2Cl)CC1. The van der Waals surface area contributed by atoms with Crippen LogP contribution in [0.2, 0.25) is 5.02 Å². The highest BCUT2D eigenvalue weighted by atomic mass is 35.5. The summed E-state index contributed by atoms with van der Waals surface area (Å²) >= 11 is 6.82. The molecule has 190 valence electrons. The van der Waals surface area contributed by atoms with E-state index >= 15 is 0 Å². The van der Waals surface area contributed by atoms with Crippen LogP contribution in [0.1, 0.15) is 30.5 Å². The van der Waals surface area contributed by atoms with Gasteiger partial charge in [0.25, 0.3) is 0 Å². The summed E-state index contributed by atoms with van der Waals surface area (Å²) in [7, 11) is 1.58. The average Bonchev–Trinajstić information content (AvgIpc) is 3.64. The molecule has 12 nitrogen and oxygen atoms in total. The second-order valence-electron chi connectivity index (χ2n) is 8.90. The molecule has 2 fully saturated rings. The zero-order valence-electron chi connectivity index (χ0n) is 20.2. The topological polar surface area (TPSA) is 148 Å². The Balaban J connectivity index is 1.42. The number of imidazole rings is 1. The Morgan fingerprint density at radius 2 is 2.00 bits per heavy atom. The number of aromatic nitrogens is 4. The number of nitrogens with zero attached hydrogens (tertiary/aromatic N) is 8. The first-order valence-electron chi connectivity index (χ1n) is 12.0. The fourth-order valence-electron chi connectivity index (χ4n) is 4.19. The normalized spacial score (nSPS) is 15.4. The summed E-state index contributed by atoms with van der Waals surface area (Å²) in [5, 5.41) is 30.5. The van der Waals surface area contributed by atoms with E-state index in [1.165, 1.54) is 10.7 Å². The lowest BCUT2D eigenvalue weighted by Crippen LogP contribution is -2.49. The van der Waals surface area contributed by atoms with Crippen LogP contribution in [-0.2, 0) is 9.53 Å². The van der Waals surface area contributed by atoms with E-state index in [4.69, 9.17) is 16.3 Å². The summed E-state index contributed by atoms with van der Waals surface area (Å²) in [5.41, 5.74) is 2.30. The molecule has 0 bridgehead atoms. The Bertz CT molecular complexity index is 1410. The first kappa shape index (κ1) is 24.6. The number of nitrogens with one attached hydrogen (secondary N) is 2. The summed E-state index contributed by atoms with van der Waals surface area (Å²) < 4.78 is 6.44. The van der Waals surface area contributed by atoms with Gasteiger partial charge in [-0.3, -0.25) is 4.79 Å². The molecule has 1 amide bonds. The van der Waals surface area contributed by atoms with E-state index in [0.717, 1.165) is 12.8 Å². The number of rotatable bonds is 8. The molecule has 1 saturated heterocycles. The number of ether oxygens (including phenoxy) is 1. The van der Waals surface area contributed by atoms with Crippen LogP contribution >= 0.6 is 11.6 Å². The number of hydrogen-bond acceptors (Lipinski definition) is 10. The van der Waals surface area contributed by atoms with Gasteiger partial charge < -0.3 is 25.2 Å². The number of carbonyl (C=O) groups is 1. The van der Waals surface area contributed by atoms with Gasteiger partial charge in [-0.15, -0.1) is 5.10 Å². The van der Waals surface area contributed by atoms with Crippen LogP contribution in [0.3, 0.4) is 0 Å². The maximum absolute atomic E-state index is 12.3. The Morgan fingerprint density at radius 3 is 2.68 bits per heavy atom. The molecule has 2 N–H and O–H groups in total. The highest BCUT2D eigenvalue weighted by Crippen LogP contribution is 2.36. The van der Waals surface area contributed by atoms with Gasteiger partial charge in [0.2, 0.25) is 11.9 Å². The highest BCUT2D eigenvalue weighted by molar-refractivity contribution is 6.36. The summed E-state index contributed by atoms with van der Waals surface area (Å²) in [6, 6.07) is 7.96. The number of amides is 1. The third kappa shape index (κ3) is 5.21. The first-order chi connectivity index (χ1) is 18.0. The predicted octanol–water partition coefficient (Wildman–Crippen LogP) is 2.52. The second kappa shape index (κ2) is 10.5. The van der Waals surface area contributed by atoms with Crippen molar-refractivity contribution in [1.82, 2.24) is 24.5 Å². The van der Waals surface area contributed by atoms with Gasteiger partial charge in [-0.2, -0.15) is 20.0 Å². The van der Waals surface area contributed by atoms with Crippen molar-refractivity contribution in [1.29, 1.82) is 10.5 Å². The lowest BCUT2D eigenvalue weighted by Gasteiger charge is -2.36. The molecule has 0 atom stereocenters. The molecule has 1 aromatic carbocycles. The van der Waals surface area contributed by atoms with E-state index in [-0.39, 0.29) is 17.5 Å². The molecule has 0 unspecified atom stereocenters. The summed E-state index contributed by atoms with van der Waals surface area (Å²) in [6.07, 6.45) is 3.87. The number of anilines is 4. The van der Waals surface area contributed by atoms with Crippen molar-refractivity contribution in [2.75, 3.05) is 55.4 Å². The highest BCUT2D eigenvalue weighted by Gasteiger charge is 2.26. The van der Waals surface area contributed by atoms with Gasteiger partial charge in [0, 0.05) is 39.3 Å². The number of benzene rings is 1. The maximum atomic E-state index is 12.3. The zero-order valence-corrected chi connectivity index (χ0v) is 21.0. The van der Waals surface area contributed by atoms with Gasteiger partial charge in [-0.1, -0.05) is 11.6 Å². The molecule has 2 aliphatic rings. The fraction of sp³-hybridized carbons (Fsp3) is 0.417. The van der Waals surface area contributed by atoms with Crippen molar-refractivity contribution < 1.29 is 9.53 Å². The summed E-state index contributed by atoms with van der Waals surface area (Å²) in [6.45, 7) is 2.64. The molecule has 0 spiro atoms. The van der Waals surface area contributed by atoms with Crippen molar-refractivity contribution in [2.45, 2.75) is 25.3 Å². The number of nitriles is 2. The number of fused-ring (bicyclic) bond motifs is 1. The van der Waals surface area contributed by atoms with Crippen LogP contribution in [0.15, 0.2) is 18.3 Å². The molecule has 2 aromatic heterocycles. The molecule has 37 heavy (non-hydrogen) atoms. The third-order valence-electron chi connectivity index (χ3n) is 6.32. The van der Waals surface area contributed by atoms with E-state index < -0.39 is 0 Å². The third-order valence-corrected chi connectivity index (χ3v) is 6.71. The predicted molar refractivity (Wildman–Crippen MR) is 137 cm³/mol. The number of halogens is 1. The van der Waals surface area contributed by atoms with Crippen molar-refractivity contribution in [3.63, 3.8) is 0 Å². The van der Waals surface area contributed by atoms with Crippen LogP contribution in [0.25, 0.3) is 5.65 Å². The smallest absolute Gasteiger partial charge is 0.247 e. The summed E-state index contributed by atoms with van der Waals surface area (Å²) in [4.78, 5) is 25.1. The lowest BCUT2D eigenvalue weighted by atomic mass is 10.1. The largest absolute Gasteiger partial charge is 0.384 e. The molecule has 3 heterocycles. The lowest BCUT2D eigenvalue weighted by molar-refractivity contribution is -0.132. The van der Waals surface area contributed by atoms with Gasteiger partial charge >= 0.3 is 0 Å². The molecular formula is C24H25ClN10O2. The number of methoxy groups -OCH3 is 1. The van der Waals surface area contributed by atoms with Crippen molar-refractivity contribution >= 4 is 46.3 Å². The Labute approximate surface area is 218 Å². The zero-order chi connectivity index (χ0) is 25.9. The molecule has 5 rings (SSSR count). The standard InChI is InChI=1S/C24H25ClN10O2/c1-37-9-4-20(36)34-7-5-33(6-8-34)19-11-15(12-26)10-18(21(19)25)30-24-31-22(29-16-2-3-16)23-28-14-17(13-27)35(23)32-24/h10-11,14,16H,2-9H2,1H3,(H2,29,30,31,32). The number of carbonyl (C=O) groups excluding carboxylic acids is 1. The van der Waals surface area contributed by atoms with E-state index in [1.54, 1.807) is 19.2 Å². The Hall–Kier alpha value is -4.13. The minimum absolute atomic E-state index is 0.0557. The first-order valence-corrected chi connectivity index (χ1v) is 12.3. The van der Waals surface area contributed by atoms with Crippen LogP contribution < -0.4 is 15.5 Å². The van der Waals surface area contributed by atoms with E-state index in [0.29, 0.717) is 78.7 Å². The van der Waals surface area contributed by atoms with Gasteiger partial charge in [0.05, 0.1) is 47.3 Å². The molecule has 1 aliphatic carbocycles. The fourth-order valence-corrected chi connectivity index (χ4v) is 4.46. The van der Waals surface area contributed by atoms with Crippen molar-refractivity contribution in [2.24, 2.45) is 0 Å². The van der Waals surface area contributed by atoms with Crippen LogP contribution in [0, 0.1) is 22.7 Å². The van der Waals surface area contributed by atoms with Crippen molar-refractivity contribution in [3.05, 3.63) is 34.6 Å². The molecule has 13 heteroatoms. The number of hydrogen-bond donors (Lipinski definition) is 2. The molecular weight excluding hydrogens is 496 g/mol. The molecule has 0 radical (unpaired) electrons. The van der Waals surface area contributed by atoms with Crippen molar-refractivity contribution in [3.8, 4) is 12.1 Å². The molecule has 3 aromatic rings. The summed E-state index contributed by atoms with van der Waals surface area (Å²) in [5.74, 6) is 0.783. The van der Waals surface area contributed by atoms with Crippen LogP contribution in [0.4, 0.5) is 23.1 Å². The Kier molecular flexibility index (Phi) is 6.95. The number of piperazine rings is 1. The monoisotopic (exact) mass is 520 g/mol. The van der Waals surface area contributed by atoms with E-state index in [1.807, 2.05) is 4.90 Å². The maximum Gasteiger partial charge on any atom is 0.247 e. The minimum Gasteiger partial charge on any atom is -0.384 e. The minimum atomic E-state index is 0.0557. The second-order valence-corrected chi connectivity index (χ2v) is 9.28. The van der Waals surface area contributed by atoms with Gasteiger partial charge in [0.15, 0.2) is 17.2 Å². The van der Waals surface area contributed by atoms with E-state index in [9.17, 15) is 15.3 Å². The van der Waals surface area contributed by atoms with E-state index in [2.05, 4.69) is 42.7 Å². The van der Waals surface area contributed by atoms with Gasteiger partial charge in [0.1, 0.15) is 6.07 Å². The quantitative estimate of drug-likeness (QED) is 0.454. The molecule has 1 saturated carbocycles. The van der Waals surface area contributed by atoms with Crippen LogP contribution in [0.5, 0.6) is 0 Å². The van der Waals surface area contributed by atoms with Gasteiger partial charge in [-0.25, -0.2) is 4.98 Å². The van der Waals surface area contributed by atoms with Gasteiger partial charge in [-0.05, 0) is 25.0 Å². The van der Waals surface area contributed by atoms with Crippen LogP contribution in [-0.4, -0.2) is 76.3 Å².